The van der Waals surface area contributed by atoms with E-state index in [0.29, 0.717) is 24.4 Å². The van der Waals surface area contributed by atoms with Gasteiger partial charge in [-0.25, -0.2) is 9.97 Å². The van der Waals surface area contributed by atoms with E-state index in [2.05, 4.69) is 15.0 Å². The van der Waals surface area contributed by atoms with Crippen molar-refractivity contribution in [2.45, 2.75) is 25.7 Å². The van der Waals surface area contributed by atoms with Crippen molar-refractivity contribution in [1.82, 2.24) is 19.9 Å². The topological polar surface area (TPSA) is 105 Å². The van der Waals surface area contributed by atoms with E-state index in [4.69, 9.17) is 8.83 Å². The largest absolute Gasteiger partial charge is 0.442 e. The molecule has 8 nitrogen and oxygen atoms in total. The third-order valence-electron chi connectivity index (χ3n) is 5.33. The number of amides is 1. The van der Waals surface area contributed by atoms with E-state index in [0.717, 1.165) is 29.8 Å². The molecule has 0 saturated carbocycles. The lowest BCUT2D eigenvalue weighted by Gasteiger charge is -2.30. The third kappa shape index (κ3) is 2.60. The summed E-state index contributed by atoms with van der Waals surface area (Å²) in [6, 6.07) is 7.69. The van der Waals surface area contributed by atoms with Crippen molar-refractivity contribution in [3.05, 3.63) is 58.2 Å². The molecular formula is C20H18N4O4. The number of furan rings is 1. The number of carbonyl (C=O) groups excluding carboxylic acids is 1. The van der Waals surface area contributed by atoms with Gasteiger partial charge in [-0.1, -0.05) is 12.1 Å². The second kappa shape index (κ2) is 6.33. The Bertz CT molecular complexity index is 1210. The van der Waals surface area contributed by atoms with Crippen LogP contribution in [0.3, 0.4) is 0 Å². The molecule has 1 fully saturated rings. The second-order valence-corrected chi connectivity index (χ2v) is 7.03. The molecule has 0 atom stereocenters. The first-order valence-corrected chi connectivity index (χ1v) is 9.23. The van der Waals surface area contributed by atoms with Crippen molar-refractivity contribution >= 4 is 28.1 Å². The van der Waals surface area contributed by atoms with E-state index in [9.17, 15) is 9.59 Å². The summed E-state index contributed by atoms with van der Waals surface area (Å²) in [7, 11) is 0. The van der Waals surface area contributed by atoms with E-state index in [1.165, 1.54) is 6.33 Å². The van der Waals surface area contributed by atoms with Gasteiger partial charge >= 0.3 is 0 Å². The van der Waals surface area contributed by atoms with E-state index >= 15 is 0 Å². The van der Waals surface area contributed by atoms with Crippen LogP contribution in [-0.4, -0.2) is 38.8 Å². The Hall–Kier alpha value is -3.42. The van der Waals surface area contributed by atoms with Gasteiger partial charge in [0.2, 0.25) is 5.71 Å². The maximum absolute atomic E-state index is 13.1. The molecule has 0 aliphatic carbocycles. The quantitative estimate of drug-likeness (QED) is 0.575. The number of H-pyrrole nitrogens is 1. The van der Waals surface area contributed by atoms with E-state index in [1.54, 1.807) is 11.8 Å². The van der Waals surface area contributed by atoms with Crippen molar-refractivity contribution in [1.29, 1.82) is 0 Å². The van der Waals surface area contributed by atoms with Gasteiger partial charge in [0.05, 0.1) is 11.9 Å². The van der Waals surface area contributed by atoms with Crippen molar-refractivity contribution in [2.24, 2.45) is 0 Å². The Balaban J connectivity index is 1.38. The van der Waals surface area contributed by atoms with Crippen molar-refractivity contribution in [3.8, 4) is 0 Å². The number of piperidine rings is 1. The molecule has 0 unspecified atom stereocenters. The van der Waals surface area contributed by atoms with Gasteiger partial charge in [-0.15, -0.1) is 0 Å². The molecule has 1 aliphatic heterocycles. The van der Waals surface area contributed by atoms with Gasteiger partial charge in [0.25, 0.3) is 11.5 Å². The lowest BCUT2D eigenvalue weighted by molar-refractivity contribution is 0.0706. The molecule has 1 aromatic carbocycles. The standard InChI is InChI=1S/C20H18N4O4/c1-11-15(16-17(25)21-10-22-19(16)27-11)20(26)24-8-6-12(7-9-24)18-23-13-4-2-3-5-14(13)28-18/h2-5,10,12H,6-9H2,1H3,(H,21,22,25). The minimum Gasteiger partial charge on any atom is -0.442 e. The number of fused-ring (bicyclic) bond motifs is 2. The maximum Gasteiger partial charge on any atom is 0.262 e. The number of hydrogen-bond donors (Lipinski definition) is 1. The fraction of sp³-hybridized carbons (Fsp3) is 0.300. The molecule has 1 saturated heterocycles. The molecule has 0 spiro atoms. The summed E-state index contributed by atoms with van der Waals surface area (Å²) in [6.07, 6.45) is 2.78. The highest BCUT2D eigenvalue weighted by molar-refractivity contribution is 6.06. The van der Waals surface area contributed by atoms with Crippen LogP contribution in [-0.2, 0) is 0 Å². The Morgan fingerprint density at radius 2 is 2.00 bits per heavy atom. The number of oxazole rings is 1. The number of aryl methyl sites for hydroxylation is 1. The van der Waals surface area contributed by atoms with Crippen molar-refractivity contribution in [2.75, 3.05) is 13.1 Å². The van der Waals surface area contributed by atoms with E-state index < -0.39 is 0 Å². The number of aromatic nitrogens is 3. The van der Waals surface area contributed by atoms with Crippen LogP contribution >= 0.6 is 0 Å². The molecule has 5 rings (SSSR count). The molecule has 1 amide bonds. The van der Waals surface area contributed by atoms with Crippen LogP contribution in [0.25, 0.3) is 22.2 Å². The maximum atomic E-state index is 13.1. The van der Waals surface area contributed by atoms with Gasteiger partial charge in [-0.05, 0) is 31.9 Å². The molecule has 8 heteroatoms. The number of aromatic amines is 1. The van der Waals surface area contributed by atoms with Crippen LogP contribution in [0, 0.1) is 6.92 Å². The number of carbonyl (C=O) groups is 1. The molecule has 0 bridgehead atoms. The highest BCUT2D eigenvalue weighted by atomic mass is 16.4. The lowest BCUT2D eigenvalue weighted by Crippen LogP contribution is -2.38. The third-order valence-corrected chi connectivity index (χ3v) is 5.33. The monoisotopic (exact) mass is 378 g/mol. The van der Waals surface area contributed by atoms with Gasteiger partial charge in [-0.3, -0.25) is 9.59 Å². The van der Waals surface area contributed by atoms with Crippen LogP contribution in [0.2, 0.25) is 0 Å². The second-order valence-electron chi connectivity index (χ2n) is 7.03. The Kier molecular flexibility index (Phi) is 3.78. The fourth-order valence-corrected chi connectivity index (χ4v) is 3.86. The summed E-state index contributed by atoms with van der Waals surface area (Å²) in [4.78, 5) is 38.1. The molecule has 142 valence electrons. The summed E-state index contributed by atoms with van der Waals surface area (Å²) < 4.78 is 11.4. The highest BCUT2D eigenvalue weighted by Gasteiger charge is 2.31. The molecule has 4 heterocycles. The first-order chi connectivity index (χ1) is 13.6. The number of likely N-dealkylation sites (tertiary alicyclic amines) is 1. The number of hydrogen-bond acceptors (Lipinski definition) is 6. The summed E-state index contributed by atoms with van der Waals surface area (Å²) in [5.41, 5.74) is 1.74. The van der Waals surface area contributed by atoms with Gasteiger partial charge in [0, 0.05) is 19.0 Å². The molecule has 3 aromatic heterocycles. The number of rotatable bonds is 2. The van der Waals surface area contributed by atoms with E-state index in [1.807, 2.05) is 24.3 Å². The number of benzene rings is 1. The molecule has 1 aliphatic rings. The minimum absolute atomic E-state index is 0.170. The number of nitrogens with zero attached hydrogens (tertiary/aromatic N) is 3. The number of nitrogens with one attached hydrogen (secondary N) is 1. The predicted molar refractivity (Wildman–Crippen MR) is 101 cm³/mol. The zero-order chi connectivity index (χ0) is 19.3. The molecular weight excluding hydrogens is 360 g/mol. The van der Waals surface area contributed by atoms with Crippen molar-refractivity contribution < 1.29 is 13.6 Å². The van der Waals surface area contributed by atoms with Crippen LogP contribution < -0.4 is 5.56 Å². The van der Waals surface area contributed by atoms with Crippen LogP contribution in [0.4, 0.5) is 0 Å². The molecule has 1 N–H and O–H groups in total. The molecule has 0 radical (unpaired) electrons. The van der Waals surface area contributed by atoms with Gasteiger partial charge in [-0.2, -0.15) is 0 Å². The first-order valence-electron chi connectivity index (χ1n) is 9.23. The highest BCUT2D eigenvalue weighted by Crippen LogP contribution is 2.31. The van der Waals surface area contributed by atoms with Crippen molar-refractivity contribution in [3.63, 3.8) is 0 Å². The van der Waals surface area contributed by atoms with Crippen LogP contribution in [0.5, 0.6) is 0 Å². The summed E-state index contributed by atoms with van der Waals surface area (Å²) in [6.45, 7) is 2.80. The normalized spacial score (nSPS) is 15.5. The smallest absolute Gasteiger partial charge is 0.262 e. The summed E-state index contributed by atoms with van der Waals surface area (Å²) in [5.74, 6) is 1.10. The van der Waals surface area contributed by atoms with Crippen LogP contribution in [0.15, 0.2) is 44.2 Å². The average molecular weight is 378 g/mol. The van der Waals surface area contributed by atoms with Crippen LogP contribution in [0.1, 0.15) is 40.8 Å². The Labute approximate surface area is 159 Å². The fourth-order valence-electron chi connectivity index (χ4n) is 3.86. The van der Waals surface area contributed by atoms with Gasteiger partial charge in [0.1, 0.15) is 16.7 Å². The zero-order valence-corrected chi connectivity index (χ0v) is 15.3. The number of para-hydroxylation sites is 2. The average Bonchev–Trinajstić information content (AvgIpc) is 3.29. The summed E-state index contributed by atoms with van der Waals surface area (Å²) >= 11 is 0. The molecule has 28 heavy (non-hydrogen) atoms. The Morgan fingerprint density at radius 3 is 2.79 bits per heavy atom. The molecule has 4 aromatic rings. The SMILES string of the molecule is Cc1oc2nc[nH]c(=O)c2c1C(=O)N1CCC(c2nc3ccccc3o2)CC1. The minimum atomic E-state index is -0.369. The van der Waals surface area contributed by atoms with E-state index in [-0.39, 0.29) is 28.5 Å². The lowest BCUT2D eigenvalue weighted by atomic mass is 9.96. The predicted octanol–water partition coefficient (Wildman–Crippen LogP) is 2.99. The Morgan fingerprint density at radius 1 is 1.21 bits per heavy atom. The van der Waals surface area contributed by atoms with Gasteiger partial charge < -0.3 is 18.7 Å². The van der Waals surface area contributed by atoms with Gasteiger partial charge in [0.15, 0.2) is 11.5 Å². The summed E-state index contributed by atoms with van der Waals surface area (Å²) in [5, 5.41) is 0.214. The first kappa shape index (κ1) is 16.7. The zero-order valence-electron chi connectivity index (χ0n) is 15.3.